The van der Waals surface area contributed by atoms with Crippen LogP contribution < -0.4 is 9.62 Å². The van der Waals surface area contributed by atoms with Crippen molar-refractivity contribution in [3.8, 4) is 0 Å². The zero-order valence-electron chi connectivity index (χ0n) is 15.8. The zero-order chi connectivity index (χ0) is 21.3. The summed E-state index contributed by atoms with van der Waals surface area (Å²) >= 11 is 9.49. The molecule has 3 aromatic rings. The first-order valence-corrected chi connectivity index (χ1v) is 11.9. The lowest BCUT2D eigenvalue weighted by atomic mass is 10.0. The summed E-state index contributed by atoms with van der Waals surface area (Å²) in [6.45, 7) is 0.388. The van der Waals surface area contributed by atoms with Gasteiger partial charge >= 0.3 is 0 Å². The lowest BCUT2D eigenvalue weighted by Gasteiger charge is -2.31. The average Bonchev–Trinajstić information content (AvgIpc) is 2.75. The van der Waals surface area contributed by atoms with E-state index in [0.29, 0.717) is 28.5 Å². The minimum Gasteiger partial charge on any atom is -0.322 e. The van der Waals surface area contributed by atoms with Crippen LogP contribution >= 0.6 is 27.5 Å². The van der Waals surface area contributed by atoms with Crippen LogP contribution in [0.1, 0.15) is 22.3 Å². The monoisotopic (exact) mass is 504 g/mol. The van der Waals surface area contributed by atoms with Gasteiger partial charge < -0.3 is 5.32 Å². The Morgan fingerprint density at radius 3 is 2.57 bits per heavy atom. The second-order valence-corrected chi connectivity index (χ2v) is 10.1. The molecule has 0 fully saturated rings. The summed E-state index contributed by atoms with van der Waals surface area (Å²) in [4.78, 5) is 13.0. The molecule has 3 aromatic carbocycles. The maximum absolute atomic E-state index is 13.2. The Labute approximate surface area is 188 Å². The summed E-state index contributed by atoms with van der Waals surface area (Å²) in [5, 5.41) is 3.16. The number of anilines is 2. The van der Waals surface area contributed by atoms with E-state index in [1.165, 1.54) is 4.31 Å². The van der Waals surface area contributed by atoms with Crippen molar-refractivity contribution in [2.45, 2.75) is 17.7 Å². The van der Waals surface area contributed by atoms with Crippen LogP contribution in [0.2, 0.25) is 5.02 Å². The summed E-state index contributed by atoms with van der Waals surface area (Å²) in [5.41, 5.74) is 2.35. The first-order chi connectivity index (χ1) is 14.4. The van der Waals surface area contributed by atoms with E-state index >= 15 is 0 Å². The number of carbonyl (C=O) groups excluding carboxylic acids is 1. The molecule has 1 heterocycles. The van der Waals surface area contributed by atoms with E-state index in [0.717, 1.165) is 22.9 Å². The first-order valence-electron chi connectivity index (χ1n) is 9.33. The van der Waals surface area contributed by atoms with Gasteiger partial charge in [-0.15, -0.1) is 0 Å². The molecule has 0 saturated carbocycles. The molecule has 0 spiro atoms. The highest BCUT2D eigenvalue weighted by Crippen LogP contribution is 2.34. The highest BCUT2D eigenvalue weighted by molar-refractivity contribution is 9.10. The van der Waals surface area contributed by atoms with Crippen molar-refractivity contribution >= 4 is 54.8 Å². The Bertz CT molecular complexity index is 1220. The minimum atomic E-state index is -3.69. The average molecular weight is 506 g/mol. The molecule has 30 heavy (non-hydrogen) atoms. The van der Waals surface area contributed by atoms with Crippen molar-refractivity contribution in [1.82, 2.24) is 0 Å². The number of halogens is 2. The highest BCUT2D eigenvalue weighted by atomic mass is 79.9. The number of carbonyl (C=O) groups is 1. The number of sulfonamides is 1. The van der Waals surface area contributed by atoms with Crippen LogP contribution in [0.15, 0.2) is 76.1 Å². The van der Waals surface area contributed by atoms with E-state index < -0.39 is 10.0 Å². The van der Waals surface area contributed by atoms with Gasteiger partial charge in [0, 0.05) is 16.7 Å². The molecule has 4 rings (SSSR count). The summed E-state index contributed by atoms with van der Waals surface area (Å²) in [6, 6.07) is 18.7. The fourth-order valence-corrected chi connectivity index (χ4v) is 5.58. The maximum atomic E-state index is 13.2. The number of hydrogen-bond donors (Lipinski definition) is 1. The summed E-state index contributed by atoms with van der Waals surface area (Å²) in [7, 11) is -3.69. The van der Waals surface area contributed by atoms with E-state index in [1.54, 1.807) is 60.7 Å². The Hall–Kier alpha value is -2.35. The van der Waals surface area contributed by atoms with E-state index in [2.05, 4.69) is 21.2 Å². The van der Waals surface area contributed by atoms with Crippen LogP contribution in [-0.2, 0) is 16.4 Å². The van der Waals surface area contributed by atoms with Crippen LogP contribution in [-0.4, -0.2) is 20.9 Å². The maximum Gasteiger partial charge on any atom is 0.264 e. The number of aryl methyl sites for hydroxylation is 1. The quantitative estimate of drug-likeness (QED) is 0.509. The largest absolute Gasteiger partial charge is 0.322 e. The molecule has 0 aromatic heterocycles. The molecule has 0 saturated heterocycles. The van der Waals surface area contributed by atoms with E-state index in [4.69, 9.17) is 11.6 Å². The minimum absolute atomic E-state index is 0.244. The van der Waals surface area contributed by atoms with Gasteiger partial charge in [0.05, 0.1) is 21.2 Å². The Morgan fingerprint density at radius 2 is 1.80 bits per heavy atom. The van der Waals surface area contributed by atoms with Crippen LogP contribution in [0.25, 0.3) is 0 Å². The fourth-order valence-electron chi connectivity index (χ4n) is 3.46. The van der Waals surface area contributed by atoms with Crippen molar-refractivity contribution < 1.29 is 13.2 Å². The molecule has 0 bridgehead atoms. The standard InChI is InChI=1S/C22H18BrClN2O3S/c23-16-9-11-20(24)19(13-16)22(27)25-17-10-8-15-5-4-12-26(21(15)14-17)30(28,29)18-6-2-1-3-7-18/h1-3,6-11,13-14H,4-5,12H2,(H,25,27). The molecule has 0 aliphatic carbocycles. The van der Waals surface area contributed by atoms with Crippen LogP contribution in [0.5, 0.6) is 0 Å². The van der Waals surface area contributed by atoms with Gasteiger partial charge in [-0.05, 0) is 60.9 Å². The number of benzene rings is 3. The summed E-state index contributed by atoms with van der Waals surface area (Å²) in [6.07, 6.45) is 1.51. The predicted octanol–water partition coefficient (Wildman–Crippen LogP) is 5.50. The van der Waals surface area contributed by atoms with Crippen LogP contribution in [0.3, 0.4) is 0 Å². The van der Waals surface area contributed by atoms with Gasteiger partial charge in [-0.1, -0.05) is 51.8 Å². The zero-order valence-corrected chi connectivity index (χ0v) is 19.0. The van der Waals surface area contributed by atoms with Gasteiger partial charge in [0.15, 0.2) is 0 Å². The predicted molar refractivity (Wildman–Crippen MR) is 123 cm³/mol. The lowest BCUT2D eigenvalue weighted by molar-refractivity contribution is 0.102. The number of nitrogens with zero attached hydrogens (tertiary/aromatic N) is 1. The molecule has 1 amide bonds. The molecular weight excluding hydrogens is 488 g/mol. The first kappa shape index (κ1) is 20.9. The van der Waals surface area contributed by atoms with E-state index in [1.807, 2.05) is 6.07 Å². The molecule has 0 radical (unpaired) electrons. The topological polar surface area (TPSA) is 66.5 Å². The molecule has 0 unspecified atom stereocenters. The lowest BCUT2D eigenvalue weighted by Crippen LogP contribution is -2.35. The fraction of sp³-hybridized carbons (Fsp3) is 0.136. The van der Waals surface area contributed by atoms with Crippen molar-refractivity contribution in [1.29, 1.82) is 0 Å². The van der Waals surface area contributed by atoms with Gasteiger partial charge in [0.25, 0.3) is 15.9 Å². The Balaban J connectivity index is 1.67. The van der Waals surface area contributed by atoms with Gasteiger partial charge in [0.1, 0.15) is 0 Å². The smallest absolute Gasteiger partial charge is 0.264 e. The van der Waals surface area contributed by atoms with E-state index in [-0.39, 0.29) is 10.8 Å². The summed E-state index contributed by atoms with van der Waals surface area (Å²) in [5.74, 6) is -0.366. The van der Waals surface area contributed by atoms with Gasteiger partial charge in [-0.2, -0.15) is 0 Å². The molecule has 5 nitrogen and oxygen atoms in total. The molecular formula is C22H18BrClN2O3S. The second-order valence-electron chi connectivity index (χ2n) is 6.92. The second kappa shape index (κ2) is 8.41. The number of rotatable bonds is 4. The van der Waals surface area contributed by atoms with Gasteiger partial charge in [-0.25, -0.2) is 8.42 Å². The van der Waals surface area contributed by atoms with E-state index in [9.17, 15) is 13.2 Å². The number of fused-ring (bicyclic) bond motifs is 1. The van der Waals surface area contributed by atoms with Crippen LogP contribution in [0.4, 0.5) is 11.4 Å². The SMILES string of the molecule is O=C(Nc1ccc2c(c1)N(S(=O)(=O)c1ccccc1)CCC2)c1cc(Br)ccc1Cl. The van der Waals surface area contributed by atoms with Gasteiger partial charge in [-0.3, -0.25) is 9.10 Å². The third-order valence-corrected chi connectivity index (χ3v) is 7.57. The van der Waals surface area contributed by atoms with Crippen molar-refractivity contribution in [3.63, 3.8) is 0 Å². The molecule has 1 aliphatic rings. The molecule has 1 aliphatic heterocycles. The molecule has 8 heteroatoms. The molecule has 0 atom stereocenters. The summed E-state index contributed by atoms with van der Waals surface area (Å²) < 4.78 is 28.6. The number of nitrogens with one attached hydrogen (secondary N) is 1. The normalized spacial score (nSPS) is 13.6. The van der Waals surface area contributed by atoms with Gasteiger partial charge in [0.2, 0.25) is 0 Å². The van der Waals surface area contributed by atoms with Crippen molar-refractivity contribution in [3.05, 3.63) is 87.4 Å². The Morgan fingerprint density at radius 1 is 1.03 bits per heavy atom. The number of hydrogen-bond acceptors (Lipinski definition) is 3. The van der Waals surface area contributed by atoms with Crippen molar-refractivity contribution in [2.75, 3.05) is 16.2 Å². The number of amides is 1. The third kappa shape index (κ3) is 4.10. The Kier molecular flexibility index (Phi) is 5.86. The molecule has 154 valence electrons. The molecule has 1 N–H and O–H groups in total. The van der Waals surface area contributed by atoms with Crippen LogP contribution in [0, 0.1) is 0 Å². The third-order valence-electron chi connectivity index (χ3n) is 4.92. The van der Waals surface area contributed by atoms with Crippen molar-refractivity contribution in [2.24, 2.45) is 0 Å². The highest BCUT2D eigenvalue weighted by Gasteiger charge is 2.29.